The molecular formula is C23H48OS. The second-order valence-electron chi connectivity index (χ2n) is 7.87. The Morgan fingerprint density at radius 1 is 0.320 bits per heavy atom. The number of rotatable bonds is 22. The van der Waals surface area contributed by atoms with Crippen molar-refractivity contribution in [3.63, 3.8) is 0 Å². The summed E-state index contributed by atoms with van der Waals surface area (Å²) >= 11 is 4.26. The molecule has 0 saturated carbocycles. The van der Waals surface area contributed by atoms with Crippen molar-refractivity contribution in [3.05, 3.63) is 0 Å². The third kappa shape index (κ3) is 24.3. The van der Waals surface area contributed by atoms with E-state index in [9.17, 15) is 0 Å². The van der Waals surface area contributed by atoms with Gasteiger partial charge in [-0.1, -0.05) is 122 Å². The minimum absolute atomic E-state index is 0.372. The maximum absolute atomic E-state index is 8.72. The highest BCUT2D eigenvalue weighted by Gasteiger charge is 1.95. The molecule has 1 N–H and O–H groups in total. The van der Waals surface area contributed by atoms with Crippen LogP contribution in [0.3, 0.4) is 0 Å². The fourth-order valence-electron chi connectivity index (χ4n) is 3.58. The standard InChI is InChI=1S/C23H48OS/c24-22-20-18-16-14-12-10-8-6-4-2-1-3-5-7-9-11-13-15-17-19-21-23-25/h24-25H,1-23H2. The molecule has 0 aliphatic rings. The predicted molar refractivity (Wildman–Crippen MR) is 118 cm³/mol. The molecule has 152 valence electrons. The van der Waals surface area contributed by atoms with E-state index in [1.54, 1.807) is 0 Å². The van der Waals surface area contributed by atoms with Gasteiger partial charge in [0.05, 0.1) is 0 Å². The molecule has 2 heteroatoms. The lowest BCUT2D eigenvalue weighted by molar-refractivity contribution is 0.282. The maximum Gasteiger partial charge on any atom is 0.0431 e. The zero-order valence-corrected chi connectivity index (χ0v) is 18.1. The van der Waals surface area contributed by atoms with Gasteiger partial charge in [-0.3, -0.25) is 0 Å². The molecule has 0 unspecified atom stereocenters. The smallest absolute Gasteiger partial charge is 0.0431 e. The Balaban J connectivity index is 2.94. The Hall–Kier alpha value is 0.310. The van der Waals surface area contributed by atoms with Crippen LogP contribution in [0.4, 0.5) is 0 Å². The summed E-state index contributed by atoms with van der Waals surface area (Å²) in [7, 11) is 0. The summed E-state index contributed by atoms with van der Waals surface area (Å²) in [4.78, 5) is 0. The number of unbranched alkanes of at least 4 members (excludes halogenated alkanes) is 20. The fourth-order valence-corrected chi connectivity index (χ4v) is 3.81. The third-order valence-electron chi connectivity index (χ3n) is 5.32. The monoisotopic (exact) mass is 372 g/mol. The van der Waals surface area contributed by atoms with E-state index in [0.717, 1.165) is 12.2 Å². The molecule has 0 radical (unpaired) electrons. The summed E-state index contributed by atoms with van der Waals surface area (Å²) in [6, 6.07) is 0. The van der Waals surface area contributed by atoms with Crippen LogP contribution < -0.4 is 0 Å². The summed E-state index contributed by atoms with van der Waals surface area (Å²) < 4.78 is 0. The van der Waals surface area contributed by atoms with Gasteiger partial charge in [-0.2, -0.15) is 12.6 Å². The molecule has 0 aromatic rings. The molecule has 0 bridgehead atoms. The van der Waals surface area contributed by atoms with Crippen molar-refractivity contribution in [1.29, 1.82) is 0 Å². The summed E-state index contributed by atoms with van der Waals surface area (Å²) in [6.07, 6.45) is 29.3. The molecule has 0 atom stereocenters. The van der Waals surface area contributed by atoms with E-state index < -0.39 is 0 Å². The van der Waals surface area contributed by atoms with Crippen LogP contribution in [-0.4, -0.2) is 17.5 Å². The number of hydrogen-bond acceptors (Lipinski definition) is 2. The highest BCUT2D eigenvalue weighted by atomic mass is 32.1. The van der Waals surface area contributed by atoms with Crippen molar-refractivity contribution < 1.29 is 5.11 Å². The first-order valence-electron chi connectivity index (χ1n) is 11.6. The van der Waals surface area contributed by atoms with Crippen LogP contribution in [0.5, 0.6) is 0 Å². The SMILES string of the molecule is OCCCCCCCCCCCCCCCCCCCCCCCS. The molecule has 0 heterocycles. The van der Waals surface area contributed by atoms with Gasteiger partial charge in [0.1, 0.15) is 0 Å². The number of aliphatic hydroxyl groups excluding tert-OH is 1. The van der Waals surface area contributed by atoms with Gasteiger partial charge < -0.3 is 5.11 Å². The normalized spacial score (nSPS) is 11.3. The van der Waals surface area contributed by atoms with Gasteiger partial charge in [0.25, 0.3) is 0 Å². The van der Waals surface area contributed by atoms with E-state index in [4.69, 9.17) is 5.11 Å². The molecule has 0 aromatic heterocycles. The number of aliphatic hydroxyl groups is 1. The summed E-state index contributed by atoms with van der Waals surface area (Å²) in [5.41, 5.74) is 0. The van der Waals surface area contributed by atoms with Gasteiger partial charge in [0.2, 0.25) is 0 Å². The minimum atomic E-state index is 0.372. The van der Waals surface area contributed by atoms with E-state index in [0.29, 0.717) is 6.61 Å². The van der Waals surface area contributed by atoms with Crippen molar-refractivity contribution >= 4 is 12.6 Å². The zero-order valence-electron chi connectivity index (χ0n) is 17.2. The lowest BCUT2D eigenvalue weighted by Gasteiger charge is -2.04. The molecule has 25 heavy (non-hydrogen) atoms. The van der Waals surface area contributed by atoms with E-state index in [2.05, 4.69) is 12.6 Å². The molecule has 0 rings (SSSR count). The topological polar surface area (TPSA) is 20.2 Å². The molecule has 0 fully saturated rings. The Morgan fingerprint density at radius 3 is 0.720 bits per heavy atom. The highest BCUT2D eigenvalue weighted by molar-refractivity contribution is 7.80. The molecule has 0 saturated heterocycles. The van der Waals surface area contributed by atoms with E-state index in [-0.39, 0.29) is 0 Å². The predicted octanol–water partition coefficient (Wildman–Crippen LogP) is 8.10. The molecule has 1 nitrogen and oxygen atoms in total. The van der Waals surface area contributed by atoms with E-state index in [1.807, 2.05) is 0 Å². The van der Waals surface area contributed by atoms with Gasteiger partial charge in [-0.05, 0) is 18.6 Å². The first kappa shape index (κ1) is 25.3. The Morgan fingerprint density at radius 2 is 0.520 bits per heavy atom. The average molecular weight is 373 g/mol. The third-order valence-corrected chi connectivity index (χ3v) is 5.63. The van der Waals surface area contributed by atoms with Crippen LogP contribution in [0.2, 0.25) is 0 Å². The first-order valence-corrected chi connectivity index (χ1v) is 12.3. The molecular weight excluding hydrogens is 324 g/mol. The Kier molecular flexibility index (Phi) is 24.6. The average Bonchev–Trinajstić information content (AvgIpc) is 2.63. The lowest BCUT2D eigenvalue weighted by Crippen LogP contribution is -1.85. The van der Waals surface area contributed by atoms with E-state index >= 15 is 0 Å². The Bertz CT molecular complexity index is 198. The van der Waals surface area contributed by atoms with Crippen molar-refractivity contribution in [2.24, 2.45) is 0 Å². The first-order chi connectivity index (χ1) is 12.4. The molecule has 0 aliphatic carbocycles. The van der Waals surface area contributed by atoms with Crippen molar-refractivity contribution in [2.45, 2.75) is 135 Å². The van der Waals surface area contributed by atoms with Gasteiger partial charge >= 0.3 is 0 Å². The van der Waals surface area contributed by atoms with Crippen LogP contribution in [0.15, 0.2) is 0 Å². The highest BCUT2D eigenvalue weighted by Crippen LogP contribution is 2.15. The second kappa shape index (κ2) is 24.3. The van der Waals surface area contributed by atoms with Crippen molar-refractivity contribution in [1.82, 2.24) is 0 Å². The van der Waals surface area contributed by atoms with Gasteiger partial charge in [0.15, 0.2) is 0 Å². The van der Waals surface area contributed by atoms with Crippen LogP contribution in [0, 0.1) is 0 Å². The maximum atomic E-state index is 8.72. The summed E-state index contributed by atoms with van der Waals surface area (Å²) in [5.74, 6) is 1.06. The van der Waals surface area contributed by atoms with Crippen LogP contribution >= 0.6 is 12.6 Å². The van der Waals surface area contributed by atoms with E-state index in [1.165, 1.54) is 128 Å². The molecule has 0 spiro atoms. The van der Waals surface area contributed by atoms with Crippen molar-refractivity contribution in [3.8, 4) is 0 Å². The Labute approximate surface area is 165 Å². The van der Waals surface area contributed by atoms with Crippen LogP contribution in [0.25, 0.3) is 0 Å². The molecule has 0 aromatic carbocycles. The zero-order chi connectivity index (χ0) is 18.3. The number of hydrogen-bond donors (Lipinski definition) is 2. The van der Waals surface area contributed by atoms with Crippen LogP contribution in [0.1, 0.15) is 135 Å². The lowest BCUT2D eigenvalue weighted by atomic mass is 10.0. The molecule has 0 aliphatic heterocycles. The minimum Gasteiger partial charge on any atom is -0.396 e. The van der Waals surface area contributed by atoms with Crippen molar-refractivity contribution in [2.75, 3.05) is 12.4 Å². The summed E-state index contributed by atoms with van der Waals surface area (Å²) in [5, 5.41) is 8.72. The summed E-state index contributed by atoms with van der Waals surface area (Å²) in [6.45, 7) is 0.372. The van der Waals surface area contributed by atoms with Crippen LogP contribution in [-0.2, 0) is 0 Å². The quantitative estimate of drug-likeness (QED) is 0.145. The largest absolute Gasteiger partial charge is 0.396 e. The number of thiol groups is 1. The second-order valence-corrected chi connectivity index (χ2v) is 8.32. The van der Waals surface area contributed by atoms with Gasteiger partial charge in [-0.25, -0.2) is 0 Å². The molecule has 0 amide bonds. The van der Waals surface area contributed by atoms with Gasteiger partial charge in [-0.15, -0.1) is 0 Å². The van der Waals surface area contributed by atoms with Gasteiger partial charge in [0, 0.05) is 6.61 Å². The fraction of sp³-hybridized carbons (Fsp3) is 1.00.